The van der Waals surface area contributed by atoms with Crippen molar-refractivity contribution in [2.45, 2.75) is 52.6 Å². The van der Waals surface area contributed by atoms with Crippen molar-refractivity contribution >= 4 is 22.8 Å². The van der Waals surface area contributed by atoms with E-state index >= 15 is 0 Å². The number of nitrogens with zero attached hydrogens (tertiary/aromatic N) is 2. The van der Waals surface area contributed by atoms with Crippen molar-refractivity contribution in [3.63, 3.8) is 0 Å². The molecular weight excluding hydrogens is 485 g/mol. The minimum Gasteiger partial charge on any atom is -0.398 e. The van der Waals surface area contributed by atoms with E-state index in [1.807, 2.05) is 36.4 Å². The van der Waals surface area contributed by atoms with Crippen LogP contribution in [0, 0.1) is 11.2 Å². The molecule has 1 heterocycles. The number of hydrogen-bond donors (Lipinski definition) is 3. The van der Waals surface area contributed by atoms with Gasteiger partial charge in [0.05, 0.1) is 5.71 Å². The molecule has 1 aliphatic heterocycles. The van der Waals surface area contributed by atoms with Gasteiger partial charge < -0.3 is 16.0 Å². The highest BCUT2D eigenvalue weighted by Crippen LogP contribution is 2.27. The van der Waals surface area contributed by atoms with Crippen LogP contribution in [-0.4, -0.2) is 42.8 Å². The number of rotatable bonds is 13. The Hall–Kier alpha value is -3.64. The average molecular weight is 528 g/mol. The molecule has 3 aromatic rings. The Morgan fingerprint density at radius 2 is 1.67 bits per heavy atom. The van der Waals surface area contributed by atoms with Crippen molar-refractivity contribution in [1.82, 2.24) is 10.2 Å². The van der Waals surface area contributed by atoms with Crippen LogP contribution in [0.15, 0.2) is 72.8 Å². The van der Waals surface area contributed by atoms with Crippen LogP contribution in [0.1, 0.15) is 62.3 Å². The van der Waals surface area contributed by atoms with Gasteiger partial charge in [0.2, 0.25) is 0 Å². The average Bonchev–Trinajstić information content (AvgIpc) is 2.92. The van der Waals surface area contributed by atoms with Gasteiger partial charge in [-0.3, -0.25) is 10.3 Å². The number of nitrogens with two attached hydrogens (primary N) is 1. The first-order valence-corrected chi connectivity index (χ1v) is 14.2. The Morgan fingerprint density at radius 3 is 2.31 bits per heavy atom. The van der Waals surface area contributed by atoms with Crippen LogP contribution in [-0.2, 0) is 6.54 Å². The summed E-state index contributed by atoms with van der Waals surface area (Å²) in [6.45, 7) is 11.4. The Kier molecular flexibility index (Phi) is 9.77. The topological polar surface area (TPSA) is 68.4 Å². The predicted octanol–water partition coefficient (Wildman–Crippen LogP) is 6.68. The standard InChI is InChI=1S/C33H42FN5/c1-4-9-32(37-21-26-10-7-8-11-30(26)34)25-14-17-31(35)29(20-25)33(36)24-12-15-27(16-13-24)39-22-28(23-39)38(18-5-2)19-6-3/h7-17,20,28,36-37H,4-6,18-19,21-23,35H2,1-3H3/b32-9-,36-33?. The summed E-state index contributed by atoms with van der Waals surface area (Å²) in [5.41, 5.74) is 12.5. The van der Waals surface area contributed by atoms with Crippen LogP contribution in [0.3, 0.4) is 0 Å². The highest BCUT2D eigenvalue weighted by Gasteiger charge is 2.31. The largest absolute Gasteiger partial charge is 0.398 e. The van der Waals surface area contributed by atoms with E-state index in [0.717, 1.165) is 49.4 Å². The quantitative estimate of drug-likeness (QED) is 0.171. The molecule has 0 amide bonds. The number of anilines is 2. The van der Waals surface area contributed by atoms with Gasteiger partial charge in [-0.1, -0.05) is 63.2 Å². The summed E-state index contributed by atoms with van der Waals surface area (Å²) in [6, 6.07) is 21.4. The predicted molar refractivity (Wildman–Crippen MR) is 163 cm³/mol. The lowest BCUT2D eigenvalue weighted by molar-refractivity contribution is 0.166. The van der Waals surface area contributed by atoms with Crippen LogP contribution in [0.4, 0.5) is 15.8 Å². The third-order valence-corrected chi connectivity index (χ3v) is 7.39. The normalized spacial score (nSPS) is 14.0. The Bertz CT molecular complexity index is 1270. The molecule has 1 saturated heterocycles. The molecular formula is C33H42FN5. The number of hydrogen-bond acceptors (Lipinski definition) is 5. The van der Waals surface area contributed by atoms with Crippen LogP contribution < -0.4 is 16.0 Å². The van der Waals surface area contributed by atoms with Crippen molar-refractivity contribution in [3.8, 4) is 0 Å². The number of nitrogen functional groups attached to an aromatic ring is 1. The second kappa shape index (κ2) is 13.4. The highest BCUT2D eigenvalue weighted by atomic mass is 19.1. The molecule has 4 rings (SSSR count). The van der Waals surface area contributed by atoms with Crippen molar-refractivity contribution in [2.75, 3.05) is 36.8 Å². The molecule has 6 heteroatoms. The van der Waals surface area contributed by atoms with Gasteiger partial charge >= 0.3 is 0 Å². The van der Waals surface area contributed by atoms with Crippen LogP contribution in [0.25, 0.3) is 5.70 Å². The number of nitrogens with one attached hydrogen (secondary N) is 2. The van der Waals surface area contributed by atoms with Crippen LogP contribution >= 0.6 is 0 Å². The van der Waals surface area contributed by atoms with E-state index in [9.17, 15) is 4.39 Å². The summed E-state index contributed by atoms with van der Waals surface area (Å²) in [4.78, 5) is 5.03. The van der Waals surface area contributed by atoms with Gasteiger partial charge in [-0.25, -0.2) is 4.39 Å². The first-order chi connectivity index (χ1) is 18.9. The fourth-order valence-electron chi connectivity index (χ4n) is 5.21. The molecule has 39 heavy (non-hydrogen) atoms. The lowest BCUT2D eigenvalue weighted by atomic mass is 9.96. The molecule has 5 nitrogen and oxygen atoms in total. The summed E-state index contributed by atoms with van der Waals surface area (Å²) in [5, 5.41) is 12.3. The molecule has 0 unspecified atom stereocenters. The minimum absolute atomic E-state index is 0.225. The molecule has 1 aliphatic rings. The van der Waals surface area contributed by atoms with Gasteiger partial charge in [-0.05, 0) is 68.2 Å². The highest BCUT2D eigenvalue weighted by molar-refractivity contribution is 6.14. The molecule has 1 fully saturated rings. The van der Waals surface area contributed by atoms with Crippen molar-refractivity contribution in [2.24, 2.45) is 0 Å². The fraction of sp³-hybridized carbons (Fsp3) is 0.364. The number of benzene rings is 3. The smallest absolute Gasteiger partial charge is 0.128 e. The van der Waals surface area contributed by atoms with Crippen molar-refractivity contribution in [3.05, 3.63) is 101 Å². The third kappa shape index (κ3) is 6.87. The summed E-state index contributed by atoms with van der Waals surface area (Å²) < 4.78 is 14.2. The van der Waals surface area contributed by atoms with Gasteiger partial charge in [-0.15, -0.1) is 0 Å². The number of halogens is 1. The lowest BCUT2D eigenvalue weighted by Gasteiger charge is -2.46. The summed E-state index contributed by atoms with van der Waals surface area (Å²) in [5.74, 6) is -0.225. The third-order valence-electron chi connectivity index (χ3n) is 7.39. The maximum absolute atomic E-state index is 14.2. The summed E-state index contributed by atoms with van der Waals surface area (Å²) >= 11 is 0. The van der Waals surface area contributed by atoms with Crippen LogP contribution in [0.2, 0.25) is 0 Å². The monoisotopic (exact) mass is 527 g/mol. The molecule has 206 valence electrons. The van der Waals surface area contributed by atoms with Gasteiger partial charge in [0.25, 0.3) is 0 Å². The molecule has 4 N–H and O–H groups in total. The molecule has 0 saturated carbocycles. The first-order valence-electron chi connectivity index (χ1n) is 14.2. The van der Waals surface area contributed by atoms with E-state index in [2.05, 4.69) is 54.1 Å². The molecule has 0 atom stereocenters. The fourth-order valence-corrected chi connectivity index (χ4v) is 5.21. The van der Waals surface area contributed by atoms with E-state index < -0.39 is 0 Å². The molecule has 0 spiro atoms. The van der Waals surface area contributed by atoms with E-state index in [1.165, 1.54) is 24.6 Å². The summed E-state index contributed by atoms with van der Waals surface area (Å²) in [6.07, 6.45) is 5.28. The molecule has 0 bridgehead atoms. The van der Waals surface area contributed by atoms with Gasteiger partial charge in [0, 0.05) is 59.4 Å². The molecule has 0 aromatic heterocycles. The number of allylic oxidation sites excluding steroid dienone is 1. The van der Waals surface area contributed by atoms with Crippen molar-refractivity contribution < 1.29 is 4.39 Å². The zero-order valence-corrected chi connectivity index (χ0v) is 23.5. The zero-order valence-electron chi connectivity index (χ0n) is 23.5. The van der Waals surface area contributed by atoms with E-state index in [-0.39, 0.29) is 5.82 Å². The van der Waals surface area contributed by atoms with Crippen LogP contribution in [0.5, 0.6) is 0 Å². The summed E-state index contributed by atoms with van der Waals surface area (Å²) in [7, 11) is 0. The van der Waals surface area contributed by atoms with E-state index in [1.54, 1.807) is 12.1 Å². The lowest BCUT2D eigenvalue weighted by Crippen LogP contribution is -2.59. The Balaban J connectivity index is 1.45. The minimum atomic E-state index is -0.225. The second-order valence-corrected chi connectivity index (χ2v) is 10.3. The Labute approximate surface area is 233 Å². The van der Waals surface area contributed by atoms with Crippen molar-refractivity contribution in [1.29, 1.82) is 5.41 Å². The Morgan fingerprint density at radius 1 is 1.00 bits per heavy atom. The van der Waals surface area contributed by atoms with Gasteiger partial charge in [-0.2, -0.15) is 0 Å². The zero-order chi connectivity index (χ0) is 27.8. The SMILES string of the molecule is CC/C=C(\NCc1ccccc1F)c1ccc(N)c(C(=N)c2ccc(N3CC(N(CCC)CCC)C3)cc2)c1. The maximum Gasteiger partial charge on any atom is 0.128 e. The van der Waals surface area contributed by atoms with E-state index in [4.69, 9.17) is 11.1 Å². The van der Waals surface area contributed by atoms with Gasteiger partial charge in [0.15, 0.2) is 0 Å². The first kappa shape index (κ1) is 28.4. The second-order valence-electron chi connectivity index (χ2n) is 10.3. The molecule has 3 aromatic carbocycles. The molecule has 0 aliphatic carbocycles. The van der Waals surface area contributed by atoms with Gasteiger partial charge in [0.1, 0.15) is 5.82 Å². The van der Waals surface area contributed by atoms with E-state index in [0.29, 0.717) is 35.1 Å². The molecule has 0 radical (unpaired) electrons. The maximum atomic E-state index is 14.2.